The van der Waals surface area contributed by atoms with Crippen molar-refractivity contribution >= 4 is 6.03 Å². The minimum atomic E-state index is -0.281. The smallest absolute Gasteiger partial charge is 0.315 e. The molecule has 2 atom stereocenters. The van der Waals surface area contributed by atoms with Gasteiger partial charge in [-0.15, -0.1) is 0 Å². The molecule has 4 heteroatoms. The maximum absolute atomic E-state index is 11.9. The van der Waals surface area contributed by atoms with E-state index in [0.717, 1.165) is 38.5 Å². The van der Waals surface area contributed by atoms with Crippen LogP contribution in [0.1, 0.15) is 64.7 Å². The largest absolute Gasteiger partial charge is 0.392 e. The van der Waals surface area contributed by atoms with Crippen LogP contribution in [0.3, 0.4) is 0 Å². The third-order valence-corrected chi connectivity index (χ3v) is 4.87. The third kappa shape index (κ3) is 4.10. The minimum Gasteiger partial charge on any atom is -0.392 e. The van der Waals surface area contributed by atoms with Crippen LogP contribution < -0.4 is 10.6 Å². The summed E-state index contributed by atoms with van der Waals surface area (Å²) in [7, 11) is 0. The van der Waals surface area contributed by atoms with Gasteiger partial charge in [-0.05, 0) is 25.7 Å². The predicted molar refractivity (Wildman–Crippen MR) is 76.0 cm³/mol. The molecule has 0 aromatic carbocycles. The Balaban J connectivity index is 1.73. The lowest BCUT2D eigenvalue weighted by Crippen LogP contribution is -2.49. The van der Waals surface area contributed by atoms with Crippen LogP contribution >= 0.6 is 0 Å². The van der Waals surface area contributed by atoms with Gasteiger partial charge in [0.1, 0.15) is 0 Å². The van der Waals surface area contributed by atoms with Gasteiger partial charge >= 0.3 is 6.03 Å². The second-order valence-corrected chi connectivity index (χ2v) is 6.58. The van der Waals surface area contributed by atoms with E-state index >= 15 is 0 Å². The van der Waals surface area contributed by atoms with Gasteiger partial charge in [0.25, 0.3) is 0 Å². The van der Waals surface area contributed by atoms with Gasteiger partial charge in [0.05, 0.1) is 6.10 Å². The van der Waals surface area contributed by atoms with Crippen LogP contribution in [0, 0.1) is 5.41 Å². The van der Waals surface area contributed by atoms with E-state index < -0.39 is 0 Å². The van der Waals surface area contributed by atoms with E-state index in [4.69, 9.17) is 0 Å². The number of hydrogen-bond donors (Lipinski definition) is 3. The molecular formula is C15H28N2O2. The average molecular weight is 268 g/mol. The predicted octanol–water partition coefficient (Wildman–Crippen LogP) is 2.56. The molecule has 110 valence electrons. The van der Waals surface area contributed by atoms with E-state index in [0.29, 0.717) is 12.6 Å². The number of rotatable bonds is 3. The van der Waals surface area contributed by atoms with Crippen molar-refractivity contribution in [1.29, 1.82) is 0 Å². The quantitative estimate of drug-likeness (QED) is 0.736. The molecule has 2 unspecified atom stereocenters. The summed E-state index contributed by atoms with van der Waals surface area (Å²) in [5.74, 6) is 0. The van der Waals surface area contributed by atoms with E-state index in [1.165, 1.54) is 19.3 Å². The van der Waals surface area contributed by atoms with E-state index in [1.54, 1.807) is 0 Å². The van der Waals surface area contributed by atoms with Crippen LogP contribution in [-0.2, 0) is 0 Å². The van der Waals surface area contributed by atoms with Crippen LogP contribution in [0.25, 0.3) is 0 Å². The van der Waals surface area contributed by atoms with E-state index in [1.807, 2.05) is 0 Å². The lowest BCUT2D eigenvalue weighted by molar-refractivity contribution is 0.00303. The second kappa shape index (κ2) is 6.60. The van der Waals surface area contributed by atoms with Gasteiger partial charge in [-0.25, -0.2) is 4.79 Å². The number of hydrogen-bond acceptors (Lipinski definition) is 2. The zero-order valence-electron chi connectivity index (χ0n) is 12.1. The molecule has 2 fully saturated rings. The van der Waals surface area contributed by atoms with Crippen molar-refractivity contribution in [3.05, 3.63) is 0 Å². The molecule has 0 saturated heterocycles. The molecule has 2 aliphatic carbocycles. The van der Waals surface area contributed by atoms with Crippen molar-refractivity contribution in [2.24, 2.45) is 5.41 Å². The first-order valence-corrected chi connectivity index (χ1v) is 7.83. The molecule has 2 aliphatic rings. The Bertz CT molecular complexity index is 303. The molecule has 0 aromatic rings. The fourth-order valence-electron chi connectivity index (χ4n) is 3.35. The fourth-order valence-corrected chi connectivity index (χ4v) is 3.35. The zero-order chi connectivity index (χ0) is 13.7. The minimum absolute atomic E-state index is 0.0640. The number of nitrogens with one attached hydrogen (secondary N) is 2. The molecule has 0 bridgehead atoms. The molecule has 0 aromatic heterocycles. The summed E-state index contributed by atoms with van der Waals surface area (Å²) in [6.07, 6.45) is 9.79. The third-order valence-electron chi connectivity index (χ3n) is 4.87. The maximum Gasteiger partial charge on any atom is 0.315 e. The SMILES string of the molecule is CC1(CNC(=O)NC2CCCCC2)CCCCC1O. The molecule has 0 heterocycles. The van der Waals surface area contributed by atoms with E-state index in [2.05, 4.69) is 17.6 Å². The van der Waals surface area contributed by atoms with Crippen molar-refractivity contribution in [1.82, 2.24) is 10.6 Å². The van der Waals surface area contributed by atoms with Crippen LogP contribution in [0.4, 0.5) is 4.79 Å². The van der Waals surface area contributed by atoms with Crippen molar-refractivity contribution in [2.45, 2.75) is 76.9 Å². The van der Waals surface area contributed by atoms with Gasteiger partial charge in [-0.2, -0.15) is 0 Å². The normalized spacial score (nSPS) is 32.8. The Morgan fingerprint density at radius 2 is 1.84 bits per heavy atom. The van der Waals surface area contributed by atoms with Gasteiger partial charge in [0.2, 0.25) is 0 Å². The Kier molecular flexibility index (Phi) is 5.08. The highest BCUT2D eigenvalue weighted by atomic mass is 16.3. The molecule has 19 heavy (non-hydrogen) atoms. The highest BCUT2D eigenvalue weighted by Crippen LogP contribution is 2.35. The van der Waals surface area contributed by atoms with Crippen LogP contribution in [0.5, 0.6) is 0 Å². The topological polar surface area (TPSA) is 61.4 Å². The molecule has 0 radical (unpaired) electrons. The Labute approximate surface area is 116 Å². The monoisotopic (exact) mass is 268 g/mol. The van der Waals surface area contributed by atoms with Gasteiger partial charge < -0.3 is 15.7 Å². The number of aliphatic hydroxyl groups is 1. The van der Waals surface area contributed by atoms with Crippen LogP contribution in [0.15, 0.2) is 0 Å². The summed E-state index contributed by atoms with van der Waals surface area (Å²) >= 11 is 0. The molecular weight excluding hydrogens is 240 g/mol. The van der Waals surface area contributed by atoms with Gasteiger partial charge in [0.15, 0.2) is 0 Å². The Morgan fingerprint density at radius 3 is 2.53 bits per heavy atom. The number of aliphatic hydroxyl groups excluding tert-OH is 1. The molecule has 0 aliphatic heterocycles. The molecule has 3 N–H and O–H groups in total. The first-order valence-electron chi connectivity index (χ1n) is 7.83. The van der Waals surface area contributed by atoms with Gasteiger partial charge in [-0.1, -0.05) is 39.0 Å². The first kappa shape index (κ1) is 14.6. The van der Waals surface area contributed by atoms with Gasteiger partial charge in [-0.3, -0.25) is 0 Å². The summed E-state index contributed by atoms with van der Waals surface area (Å²) in [4.78, 5) is 11.9. The van der Waals surface area contributed by atoms with Crippen molar-refractivity contribution in [2.75, 3.05) is 6.54 Å². The summed E-state index contributed by atoms with van der Waals surface area (Å²) in [5.41, 5.74) is -0.151. The molecule has 2 amide bonds. The number of urea groups is 1. The van der Waals surface area contributed by atoms with Gasteiger partial charge in [0, 0.05) is 18.0 Å². The lowest BCUT2D eigenvalue weighted by atomic mass is 9.73. The molecule has 4 nitrogen and oxygen atoms in total. The highest BCUT2D eigenvalue weighted by molar-refractivity contribution is 5.74. The summed E-state index contributed by atoms with van der Waals surface area (Å²) in [6, 6.07) is 0.281. The van der Waals surface area contributed by atoms with Crippen LogP contribution in [0.2, 0.25) is 0 Å². The van der Waals surface area contributed by atoms with Crippen molar-refractivity contribution in [3.8, 4) is 0 Å². The number of amides is 2. The second-order valence-electron chi connectivity index (χ2n) is 6.58. The lowest BCUT2D eigenvalue weighted by Gasteiger charge is -2.38. The van der Waals surface area contributed by atoms with E-state index in [-0.39, 0.29) is 17.6 Å². The Hall–Kier alpha value is -0.770. The summed E-state index contributed by atoms with van der Waals surface area (Å²) in [6.45, 7) is 2.66. The number of carbonyl (C=O) groups is 1. The highest BCUT2D eigenvalue weighted by Gasteiger charge is 2.35. The average Bonchev–Trinajstić information content (AvgIpc) is 2.41. The fraction of sp³-hybridized carbons (Fsp3) is 0.933. The molecule has 0 spiro atoms. The number of carbonyl (C=O) groups excluding carboxylic acids is 1. The standard InChI is InChI=1S/C15H28N2O2/c1-15(10-6-5-9-13(15)18)11-16-14(19)17-12-7-3-2-4-8-12/h12-13,18H,2-11H2,1H3,(H2,16,17,19). The Morgan fingerprint density at radius 1 is 1.16 bits per heavy atom. The summed E-state index contributed by atoms with van der Waals surface area (Å²) in [5, 5.41) is 16.1. The zero-order valence-corrected chi connectivity index (χ0v) is 12.1. The summed E-state index contributed by atoms with van der Waals surface area (Å²) < 4.78 is 0. The first-order chi connectivity index (χ1) is 9.10. The maximum atomic E-state index is 11.9. The van der Waals surface area contributed by atoms with E-state index in [9.17, 15) is 9.90 Å². The van der Waals surface area contributed by atoms with Crippen molar-refractivity contribution in [3.63, 3.8) is 0 Å². The molecule has 2 rings (SSSR count). The van der Waals surface area contributed by atoms with Crippen molar-refractivity contribution < 1.29 is 9.90 Å². The van der Waals surface area contributed by atoms with Crippen LogP contribution in [-0.4, -0.2) is 29.8 Å². The molecule has 2 saturated carbocycles.